The van der Waals surface area contributed by atoms with Gasteiger partial charge in [-0.05, 0) is 37.9 Å². The number of carbonyl (C=O) groups excluding carboxylic acids is 1. The van der Waals surface area contributed by atoms with Gasteiger partial charge in [-0.1, -0.05) is 6.42 Å². The van der Waals surface area contributed by atoms with Crippen LogP contribution in [-0.2, 0) is 0 Å². The fourth-order valence-electron chi connectivity index (χ4n) is 3.23. The third kappa shape index (κ3) is 2.43. The number of carboxylic acids is 1. The maximum Gasteiger partial charge on any atom is 0.371 e. The molecule has 2 unspecified atom stereocenters. The van der Waals surface area contributed by atoms with Crippen LogP contribution in [0.1, 0.15) is 46.8 Å². The Labute approximate surface area is 116 Å². The summed E-state index contributed by atoms with van der Waals surface area (Å²) in [6, 6.07) is 3.27. The summed E-state index contributed by atoms with van der Waals surface area (Å²) in [6.45, 7) is 2.13. The number of fused-ring (bicyclic) bond motifs is 1. The van der Waals surface area contributed by atoms with Crippen molar-refractivity contribution in [3.8, 4) is 0 Å². The lowest BCUT2D eigenvalue weighted by molar-refractivity contribution is 0.0659. The van der Waals surface area contributed by atoms with Crippen LogP contribution < -0.4 is 5.32 Å². The number of carbonyl (C=O) groups is 2. The number of nitrogens with zero attached hydrogens (tertiary/aromatic N) is 1. The Hall–Kier alpha value is -1.82. The van der Waals surface area contributed by atoms with Gasteiger partial charge in [-0.3, -0.25) is 9.69 Å². The van der Waals surface area contributed by atoms with Gasteiger partial charge in [-0.15, -0.1) is 0 Å². The second-order valence-electron chi connectivity index (χ2n) is 5.44. The van der Waals surface area contributed by atoms with Crippen molar-refractivity contribution in [3.63, 3.8) is 0 Å². The van der Waals surface area contributed by atoms with Gasteiger partial charge >= 0.3 is 5.97 Å². The summed E-state index contributed by atoms with van der Waals surface area (Å²) < 4.78 is 5.03. The van der Waals surface area contributed by atoms with Crippen molar-refractivity contribution in [1.82, 2.24) is 10.2 Å². The molecule has 0 aliphatic carbocycles. The zero-order valence-corrected chi connectivity index (χ0v) is 11.2. The highest BCUT2D eigenvalue weighted by atomic mass is 16.4. The van der Waals surface area contributed by atoms with Crippen LogP contribution in [0.25, 0.3) is 0 Å². The molecule has 3 rings (SSSR count). The van der Waals surface area contributed by atoms with Gasteiger partial charge in [0.25, 0.3) is 5.91 Å². The second-order valence-corrected chi connectivity index (χ2v) is 5.44. The molecule has 1 amide bonds. The highest BCUT2D eigenvalue weighted by Gasteiger charge is 2.36. The maximum absolute atomic E-state index is 12.1. The normalized spacial score (nSPS) is 26.2. The minimum atomic E-state index is -1.16. The average Bonchev–Trinajstić information content (AvgIpc) is 3.06. The molecule has 20 heavy (non-hydrogen) atoms. The zero-order chi connectivity index (χ0) is 14.1. The first-order valence-corrected chi connectivity index (χ1v) is 7.03. The third-order valence-electron chi connectivity index (χ3n) is 4.21. The van der Waals surface area contributed by atoms with Crippen molar-refractivity contribution >= 4 is 11.9 Å². The highest BCUT2D eigenvalue weighted by Crippen LogP contribution is 2.27. The van der Waals surface area contributed by atoms with Crippen LogP contribution in [0.3, 0.4) is 0 Å². The molecule has 6 heteroatoms. The van der Waals surface area contributed by atoms with Crippen molar-refractivity contribution in [1.29, 1.82) is 0 Å². The lowest BCUT2D eigenvalue weighted by atomic mass is 9.99. The third-order valence-corrected chi connectivity index (χ3v) is 4.21. The number of rotatable bonds is 3. The summed E-state index contributed by atoms with van der Waals surface area (Å²) >= 11 is 0. The van der Waals surface area contributed by atoms with Crippen molar-refractivity contribution < 1.29 is 19.1 Å². The molecule has 0 bridgehead atoms. The van der Waals surface area contributed by atoms with E-state index in [0.29, 0.717) is 6.04 Å². The summed E-state index contributed by atoms with van der Waals surface area (Å²) in [5, 5.41) is 11.8. The number of carboxylic acid groups (broad SMARTS) is 1. The Bertz CT molecular complexity index is 525. The molecule has 2 atom stereocenters. The quantitative estimate of drug-likeness (QED) is 0.871. The first-order chi connectivity index (χ1) is 9.65. The van der Waals surface area contributed by atoms with Gasteiger partial charge in [0, 0.05) is 18.6 Å². The summed E-state index contributed by atoms with van der Waals surface area (Å²) in [5.74, 6) is -1.63. The molecule has 1 aromatic rings. The fraction of sp³-hybridized carbons (Fsp3) is 0.571. The van der Waals surface area contributed by atoms with Gasteiger partial charge in [0.15, 0.2) is 5.76 Å². The molecular formula is C14H18N2O4. The SMILES string of the molecule is O=C(O)c1ccc(C(=O)NC2CCN3CCCCC23)o1. The van der Waals surface area contributed by atoms with Crippen LogP contribution in [-0.4, -0.2) is 47.1 Å². The molecule has 0 saturated carbocycles. The first kappa shape index (κ1) is 13.2. The lowest BCUT2D eigenvalue weighted by Crippen LogP contribution is -2.46. The van der Waals surface area contributed by atoms with Crippen LogP contribution in [0.2, 0.25) is 0 Å². The summed E-state index contributed by atoms with van der Waals surface area (Å²) in [5.41, 5.74) is 0. The van der Waals surface area contributed by atoms with Gasteiger partial charge in [0.1, 0.15) is 0 Å². The number of piperidine rings is 1. The van der Waals surface area contributed by atoms with Crippen molar-refractivity contribution in [2.45, 2.75) is 37.8 Å². The van der Waals surface area contributed by atoms with Gasteiger partial charge in [0.2, 0.25) is 5.76 Å². The van der Waals surface area contributed by atoms with Crippen LogP contribution >= 0.6 is 0 Å². The molecule has 2 aliphatic rings. The van der Waals surface area contributed by atoms with E-state index in [2.05, 4.69) is 10.2 Å². The monoisotopic (exact) mass is 278 g/mol. The molecule has 0 radical (unpaired) electrons. The van der Waals surface area contributed by atoms with E-state index in [9.17, 15) is 9.59 Å². The summed E-state index contributed by atoms with van der Waals surface area (Å²) in [6.07, 6.45) is 4.50. The van der Waals surface area contributed by atoms with E-state index < -0.39 is 5.97 Å². The van der Waals surface area contributed by atoms with Crippen molar-refractivity contribution in [3.05, 3.63) is 23.7 Å². The van der Waals surface area contributed by atoms with Gasteiger partial charge < -0.3 is 14.8 Å². The van der Waals surface area contributed by atoms with E-state index in [4.69, 9.17) is 9.52 Å². The molecule has 3 heterocycles. The van der Waals surface area contributed by atoms with E-state index >= 15 is 0 Å². The smallest absolute Gasteiger partial charge is 0.371 e. The molecule has 1 aromatic heterocycles. The van der Waals surface area contributed by atoms with Crippen LogP contribution in [0.5, 0.6) is 0 Å². The average molecular weight is 278 g/mol. The minimum absolute atomic E-state index is 0.0664. The van der Waals surface area contributed by atoms with Gasteiger partial charge in [-0.2, -0.15) is 0 Å². The number of hydrogen-bond donors (Lipinski definition) is 2. The summed E-state index contributed by atoms with van der Waals surface area (Å²) in [4.78, 5) is 25.3. The zero-order valence-electron chi connectivity index (χ0n) is 11.2. The molecule has 2 N–H and O–H groups in total. The second kappa shape index (κ2) is 5.28. The Morgan fingerprint density at radius 2 is 2.00 bits per heavy atom. The van der Waals surface area contributed by atoms with Crippen LogP contribution in [0.4, 0.5) is 0 Å². The summed E-state index contributed by atoms with van der Waals surface area (Å²) in [7, 11) is 0. The minimum Gasteiger partial charge on any atom is -0.475 e. The molecule has 0 aromatic carbocycles. The number of amides is 1. The van der Waals surface area contributed by atoms with E-state index in [-0.39, 0.29) is 23.5 Å². The van der Waals surface area contributed by atoms with Crippen LogP contribution in [0.15, 0.2) is 16.5 Å². The van der Waals surface area contributed by atoms with Crippen molar-refractivity contribution in [2.75, 3.05) is 13.1 Å². The highest BCUT2D eigenvalue weighted by molar-refractivity contribution is 5.93. The molecule has 2 aliphatic heterocycles. The number of furan rings is 1. The van der Waals surface area contributed by atoms with Crippen molar-refractivity contribution in [2.24, 2.45) is 0 Å². The van der Waals surface area contributed by atoms with E-state index in [1.165, 1.54) is 25.0 Å². The Kier molecular flexibility index (Phi) is 3.48. The van der Waals surface area contributed by atoms with E-state index in [0.717, 1.165) is 25.9 Å². The van der Waals surface area contributed by atoms with Gasteiger partial charge in [0.05, 0.1) is 0 Å². The molecule has 6 nitrogen and oxygen atoms in total. The topological polar surface area (TPSA) is 82.8 Å². The predicted molar refractivity (Wildman–Crippen MR) is 70.8 cm³/mol. The van der Waals surface area contributed by atoms with E-state index in [1.54, 1.807) is 0 Å². The molecule has 108 valence electrons. The fourth-order valence-corrected chi connectivity index (χ4v) is 3.23. The Balaban J connectivity index is 1.65. The largest absolute Gasteiger partial charge is 0.475 e. The lowest BCUT2D eigenvalue weighted by Gasteiger charge is -2.32. The first-order valence-electron chi connectivity index (χ1n) is 7.03. The molecule has 2 saturated heterocycles. The molecule has 0 spiro atoms. The number of hydrogen-bond acceptors (Lipinski definition) is 4. The predicted octanol–water partition coefficient (Wildman–Crippen LogP) is 1.33. The van der Waals surface area contributed by atoms with Gasteiger partial charge in [-0.25, -0.2) is 4.79 Å². The number of aromatic carboxylic acids is 1. The van der Waals surface area contributed by atoms with Crippen LogP contribution in [0, 0.1) is 0 Å². The molecular weight excluding hydrogens is 260 g/mol. The standard InChI is InChI=1S/C14H18N2O4/c17-13(11-4-5-12(20-11)14(18)19)15-9-6-8-16-7-2-1-3-10(9)16/h4-5,9-10H,1-3,6-8H2,(H,15,17)(H,18,19). The Morgan fingerprint density at radius 3 is 2.75 bits per heavy atom. The molecule has 2 fully saturated rings. The Morgan fingerprint density at radius 1 is 1.20 bits per heavy atom. The van der Waals surface area contributed by atoms with E-state index in [1.807, 2.05) is 0 Å². The maximum atomic E-state index is 12.1. The number of nitrogens with one attached hydrogen (secondary N) is 1.